The molecule has 1 heterocycles. The Bertz CT molecular complexity index is 505. The third kappa shape index (κ3) is 1.47. The largest absolute Gasteiger partial charge is 0.250 e. The number of hydrogen-bond donors (Lipinski definition) is 1. The van der Waals surface area contributed by atoms with E-state index in [-0.39, 0.29) is 10.9 Å². The van der Waals surface area contributed by atoms with Crippen LogP contribution in [0.5, 0.6) is 0 Å². The van der Waals surface area contributed by atoms with Crippen LogP contribution in [-0.2, 0) is 0 Å². The molecule has 0 aliphatic carbocycles. The normalized spacial score (nSPS) is 20.1. The Kier molecular flexibility index (Phi) is 2.07. The molecule has 74 valence electrons. The molecule has 0 fully saturated rings. The number of benzene rings is 2. The Hall–Kier alpha value is -1.54. The standard InChI is InChI=1S/C13H11NS/c1-2-6-11(7-3-1)15-10-14-12-8-4-5-9-13(12)15/h1-10,15H. The summed E-state index contributed by atoms with van der Waals surface area (Å²) in [6, 6.07) is 19.0. The summed E-state index contributed by atoms with van der Waals surface area (Å²) in [5, 5.41) is 0. The van der Waals surface area contributed by atoms with Crippen LogP contribution in [0.3, 0.4) is 0 Å². The molecule has 0 amide bonds. The highest BCUT2D eigenvalue weighted by Gasteiger charge is 2.15. The lowest BCUT2D eigenvalue weighted by molar-refractivity contribution is 1.38. The summed E-state index contributed by atoms with van der Waals surface area (Å²) in [6.07, 6.45) is 0. The van der Waals surface area contributed by atoms with E-state index in [1.807, 2.05) is 6.07 Å². The van der Waals surface area contributed by atoms with Crippen molar-refractivity contribution >= 4 is 22.1 Å². The highest BCUT2D eigenvalue weighted by molar-refractivity contribution is 8.28. The van der Waals surface area contributed by atoms with Crippen LogP contribution in [0.2, 0.25) is 0 Å². The quantitative estimate of drug-likeness (QED) is 0.692. The van der Waals surface area contributed by atoms with Crippen molar-refractivity contribution < 1.29 is 0 Å². The monoisotopic (exact) mass is 213 g/mol. The van der Waals surface area contributed by atoms with Gasteiger partial charge in [-0.2, -0.15) is 10.9 Å². The van der Waals surface area contributed by atoms with Crippen LogP contribution < -0.4 is 0 Å². The Labute approximate surface area is 91.8 Å². The fourth-order valence-electron chi connectivity index (χ4n) is 1.75. The van der Waals surface area contributed by atoms with Gasteiger partial charge in [-0.25, -0.2) is 0 Å². The van der Waals surface area contributed by atoms with E-state index in [1.165, 1.54) is 9.79 Å². The third-order valence-electron chi connectivity index (χ3n) is 2.49. The van der Waals surface area contributed by atoms with E-state index < -0.39 is 0 Å². The lowest BCUT2D eigenvalue weighted by atomic mass is 10.3. The molecule has 2 aromatic rings. The second-order valence-electron chi connectivity index (χ2n) is 3.44. The van der Waals surface area contributed by atoms with Crippen LogP contribution in [0.25, 0.3) is 0 Å². The van der Waals surface area contributed by atoms with Crippen molar-refractivity contribution in [2.24, 2.45) is 4.99 Å². The zero-order valence-corrected chi connectivity index (χ0v) is 9.06. The van der Waals surface area contributed by atoms with E-state index in [4.69, 9.17) is 0 Å². The first-order valence-corrected chi connectivity index (χ1v) is 6.34. The predicted molar refractivity (Wildman–Crippen MR) is 66.6 cm³/mol. The molecule has 1 unspecified atom stereocenters. The lowest BCUT2D eigenvalue weighted by Gasteiger charge is -2.13. The Morgan fingerprint density at radius 3 is 2.40 bits per heavy atom. The summed E-state index contributed by atoms with van der Waals surface area (Å²) in [5.74, 6) is 0. The van der Waals surface area contributed by atoms with Crippen molar-refractivity contribution in [3.8, 4) is 0 Å². The van der Waals surface area contributed by atoms with Crippen LogP contribution in [0.1, 0.15) is 0 Å². The number of para-hydroxylation sites is 1. The molecule has 1 aliphatic rings. The molecule has 0 radical (unpaired) electrons. The van der Waals surface area contributed by atoms with Gasteiger partial charge in [0.1, 0.15) is 0 Å². The molecule has 0 N–H and O–H groups in total. The van der Waals surface area contributed by atoms with Crippen molar-refractivity contribution in [3.05, 3.63) is 54.6 Å². The number of rotatable bonds is 1. The van der Waals surface area contributed by atoms with Crippen molar-refractivity contribution in [2.45, 2.75) is 9.79 Å². The van der Waals surface area contributed by atoms with Crippen LogP contribution in [-0.4, -0.2) is 5.55 Å². The number of aliphatic imine (C=N–C) groups is 1. The average molecular weight is 213 g/mol. The second-order valence-corrected chi connectivity index (χ2v) is 5.41. The molecule has 0 bridgehead atoms. The van der Waals surface area contributed by atoms with Gasteiger partial charge in [0, 0.05) is 10.4 Å². The summed E-state index contributed by atoms with van der Waals surface area (Å²) in [5.41, 5.74) is 3.22. The summed E-state index contributed by atoms with van der Waals surface area (Å²) in [6.45, 7) is 0. The van der Waals surface area contributed by atoms with E-state index in [0.717, 1.165) is 5.69 Å². The number of hydrogen-bond acceptors (Lipinski definition) is 1. The maximum Gasteiger partial charge on any atom is 0.0760 e. The van der Waals surface area contributed by atoms with E-state index in [1.54, 1.807) is 0 Å². The Morgan fingerprint density at radius 2 is 1.53 bits per heavy atom. The minimum Gasteiger partial charge on any atom is -0.250 e. The Morgan fingerprint density at radius 1 is 0.800 bits per heavy atom. The molecule has 1 atom stereocenters. The zero-order chi connectivity index (χ0) is 10.1. The summed E-state index contributed by atoms with van der Waals surface area (Å²) >= 11 is 0. The highest BCUT2D eigenvalue weighted by atomic mass is 32.2. The molecular formula is C13H11NS. The lowest BCUT2D eigenvalue weighted by Crippen LogP contribution is -1.81. The summed E-state index contributed by atoms with van der Waals surface area (Å²) in [4.78, 5) is 7.21. The van der Waals surface area contributed by atoms with Gasteiger partial charge in [-0.3, -0.25) is 4.99 Å². The minimum atomic E-state index is -0.348. The van der Waals surface area contributed by atoms with Gasteiger partial charge in [-0.05, 0) is 29.2 Å². The van der Waals surface area contributed by atoms with Gasteiger partial charge in [0.25, 0.3) is 0 Å². The van der Waals surface area contributed by atoms with Gasteiger partial charge in [0.05, 0.1) is 5.69 Å². The molecule has 1 aliphatic heterocycles. The smallest absolute Gasteiger partial charge is 0.0760 e. The predicted octanol–water partition coefficient (Wildman–Crippen LogP) is 3.78. The molecule has 2 aromatic carbocycles. The molecule has 2 heteroatoms. The van der Waals surface area contributed by atoms with Crippen LogP contribution in [0.4, 0.5) is 5.69 Å². The van der Waals surface area contributed by atoms with Gasteiger partial charge < -0.3 is 0 Å². The Balaban J connectivity index is 2.09. The van der Waals surface area contributed by atoms with Crippen LogP contribution in [0, 0.1) is 0 Å². The highest BCUT2D eigenvalue weighted by Crippen LogP contribution is 2.50. The zero-order valence-electron chi connectivity index (χ0n) is 8.17. The number of thiol groups is 1. The van der Waals surface area contributed by atoms with Crippen LogP contribution in [0.15, 0.2) is 69.4 Å². The van der Waals surface area contributed by atoms with Gasteiger partial charge in [0.15, 0.2) is 0 Å². The maximum atomic E-state index is 4.46. The van der Waals surface area contributed by atoms with E-state index in [0.29, 0.717) is 0 Å². The fourth-order valence-corrected chi connectivity index (χ4v) is 3.65. The van der Waals surface area contributed by atoms with E-state index >= 15 is 0 Å². The first-order valence-electron chi connectivity index (χ1n) is 4.93. The topological polar surface area (TPSA) is 12.4 Å². The maximum absolute atomic E-state index is 4.46. The molecule has 0 saturated carbocycles. The molecule has 1 nitrogen and oxygen atoms in total. The van der Waals surface area contributed by atoms with E-state index in [9.17, 15) is 0 Å². The third-order valence-corrected chi connectivity index (χ3v) is 4.59. The molecule has 0 spiro atoms. The van der Waals surface area contributed by atoms with E-state index in [2.05, 4.69) is 59.1 Å². The first kappa shape index (κ1) is 8.74. The summed E-state index contributed by atoms with van der Waals surface area (Å²) < 4.78 is 0. The first-order chi connectivity index (χ1) is 7.45. The molecule has 0 saturated heterocycles. The number of nitrogens with zero attached hydrogens (tertiary/aromatic N) is 1. The van der Waals surface area contributed by atoms with Crippen molar-refractivity contribution in [3.63, 3.8) is 0 Å². The molecule has 0 aromatic heterocycles. The van der Waals surface area contributed by atoms with Gasteiger partial charge >= 0.3 is 0 Å². The number of fused-ring (bicyclic) bond motifs is 1. The molecule has 15 heavy (non-hydrogen) atoms. The van der Waals surface area contributed by atoms with Gasteiger partial charge in [0.2, 0.25) is 0 Å². The molecule has 3 rings (SSSR count). The molecular weight excluding hydrogens is 202 g/mol. The van der Waals surface area contributed by atoms with Gasteiger partial charge in [-0.1, -0.05) is 30.3 Å². The van der Waals surface area contributed by atoms with Crippen LogP contribution >= 0.6 is 10.9 Å². The minimum absolute atomic E-state index is 0.348. The van der Waals surface area contributed by atoms with Crippen molar-refractivity contribution in [1.82, 2.24) is 0 Å². The average Bonchev–Trinajstić information content (AvgIpc) is 2.74. The SMILES string of the molecule is C1=Nc2ccccc2[SH]1c1ccccc1. The van der Waals surface area contributed by atoms with Gasteiger partial charge in [-0.15, -0.1) is 0 Å². The van der Waals surface area contributed by atoms with Crippen molar-refractivity contribution in [1.29, 1.82) is 0 Å². The van der Waals surface area contributed by atoms with Crippen molar-refractivity contribution in [2.75, 3.05) is 0 Å². The fraction of sp³-hybridized carbons (Fsp3) is 0. The second kappa shape index (κ2) is 3.55. The summed E-state index contributed by atoms with van der Waals surface area (Å²) in [7, 11) is -0.348.